The third-order valence-corrected chi connectivity index (χ3v) is 7.49. The number of para-hydroxylation sites is 2. The predicted octanol–water partition coefficient (Wildman–Crippen LogP) is 9.71. The van der Waals surface area contributed by atoms with E-state index in [0.29, 0.717) is 0 Å². The molecule has 7 rings (SSSR count). The molecule has 0 radical (unpaired) electrons. The van der Waals surface area contributed by atoms with Crippen molar-refractivity contribution in [1.29, 1.82) is 0 Å². The van der Waals surface area contributed by atoms with E-state index in [1.807, 2.05) is 0 Å². The van der Waals surface area contributed by atoms with E-state index in [9.17, 15) is 0 Å². The summed E-state index contributed by atoms with van der Waals surface area (Å²) in [5, 5.41) is 2.58. The first-order valence-corrected chi connectivity index (χ1v) is 13.2. The molecule has 0 saturated heterocycles. The van der Waals surface area contributed by atoms with Gasteiger partial charge in [-0.25, -0.2) is 0 Å². The summed E-state index contributed by atoms with van der Waals surface area (Å²) in [4.78, 5) is 0. The van der Waals surface area contributed by atoms with E-state index in [2.05, 4.69) is 156 Å². The minimum Gasteiger partial charge on any atom is -0.309 e. The average molecular weight is 486 g/mol. The quantitative estimate of drug-likeness (QED) is 0.229. The smallest absolute Gasteiger partial charge is 0.0541 e. The lowest BCUT2D eigenvalue weighted by atomic mass is 9.94. The molecule has 0 amide bonds. The maximum Gasteiger partial charge on any atom is 0.0541 e. The molecule has 180 valence electrons. The minimum atomic E-state index is 0.915. The van der Waals surface area contributed by atoms with E-state index in [-0.39, 0.29) is 0 Å². The standard InChI is InChI=1S/C37H27N/c1-2-10-30(11-3-1)33-13-5-4-12-31(33)26-27-18-20-28(21-19-27)29-22-24-32(25-23-29)38-36-16-8-6-14-34(36)35-15-7-9-17-37(35)38/h1-25H,26H2. The fraction of sp³-hybridized carbons (Fsp3) is 0.0270. The van der Waals surface area contributed by atoms with E-state index < -0.39 is 0 Å². The van der Waals surface area contributed by atoms with Gasteiger partial charge in [0.25, 0.3) is 0 Å². The molecule has 0 aliphatic heterocycles. The van der Waals surface area contributed by atoms with Crippen molar-refractivity contribution >= 4 is 21.8 Å². The van der Waals surface area contributed by atoms with Crippen molar-refractivity contribution in [1.82, 2.24) is 4.57 Å². The molecule has 1 nitrogen and oxygen atoms in total. The highest BCUT2D eigenvalue weighted by Gasteiger charge is 2.11. The molecule has 0 aliphatic carbocycles. The monoisotopic (exact) mass is 485 g/mol. The van der Waals surface area contributed by atoms with Crippen molar-refractivity contribution in [2.45, 2.75) is 6.42 Å². The molecular formula is C37H27N. The van der Waals surface area contributed by atoms with Crippen molar-refractivity contribution in [2.75, 3.05) is 0 Å². The number of fused-ring (bicyclic) bond motifs is 3. The van der Waals surface area contributed by atoms with Crippen LogP contribution in [0.15, 0.2) is 152 Å². The Labute approximate surface area is 223 Å². The summed E-state index contributed by atoms with van der Waals surface area (Å²) in [5.74, 6) is 0. The Balaban J connectivity index is 1.17. The summed E-state index contributed by atoms with van der Waals surface area (Å²) in [6.45, 7) is 0. The van der Waals surface area contributed by atoms with Crippen LogP contribution in [0.5, 0.6) is 0 Å². The average Bonchev–Trinajstić information content (AvgIpc) is 3.33. The largest absolute Gasteiger partial charge is 0.309 e. The molecule has 6 aromatic carbocycles. The Morgan fingerprint density at radius 2 is 0.921 bits per heavy atom. The van der Waals surface area contributed by atoms with Crippen molar-refractivity contribution in [3.05, 3.63) is 163 Å². The van der Waals surface area contributed by atoms with Crippen LogP contribution in [-0.2, 0) is 6.42 Å². The van der Waals surface area contributed by atoms with Crippen LogP contribution in [0, 0.1) is 0 Å². The van der Waals surface area contributed by atoms with Gasteiger partial charge in [-0.2, -0.15) is 0 Å². The van der Waals surface area contributed by atoms with Gasteiger partial charge in [0, 0.05) is 16.5 Å². The van der Waals surface area contributed by atoms with E-state index in [1.54, 1.807) is 0 Å². The molecule has 0 saturated carbocycles. The van der Waals surface area contributed by atoms with Gasteiger partial charge in [-0.3, -0.25) is 0 Å². The van der Waals surface area contributed by atoms with E-state index in [0.717, 1.165) is 6.42 Å². The van der Waals surface area contributed by atoms with Gasteiger partial charge in [-0.1, -0.05) is 127 Å². The van der Waals surface area contributed by atoms with Crippen LogP contribution in [0.25, 0.3) is 49.7 Å². The van der Waals surface area contributed by atoms with Crippen molar-refractivity contribution in [3.8, 4) is 27.9 Å². The number of rotatable bonds is 5. The molecule has 38 heavy (non-hydrogen) atoms. The van der Waals surface area contributed by atoms with Crippen LogP contribution in [0.3, 0.4) is 0 Å². The van der Waals surface area contributed by atoms with Gasteiger partial charge in [0.15, 0.2) is 0 Å². The summed E-state index contributed by atoms with van der Waals surface area (Å²) in [5.41, 5.74) is 11.4. The number of hydrogen-bond donors (Lipinski definition) is 0. The van der Waals surface area contributed by atoms with Gasteiger partial charge in [0.1, 0.15) is 0 Å². The summed E-state index contributed by atoms with van der Waals surface area (Å²) < 4.78 is 2.36. The first kappa shape index (κ1) is 22.3. The minimum absolute atomic E-state index is 0.915. The van der Waals surface area contributed by atoms with Crippen LogP contribution < -0.4 is 0 Å². The summed E-state index contributed by atoms with van der Waals surface area (Å²) in [6, 6.07) is 54.6. The van der Waals surface area contributed by atoms with E-state index in [1.165, 1.54) is 60.9 Å². The van der Waals surface area contributed by atoms with Gasteiger partial charge in [-0.05, 0) is 64.1 Å². The van der Waals surface area contributed by atoms with Gasteiger partial charge in [-0.15, -0.1) is 0 Å². The van der Waals surface area contributed by atoms with Gasteiger partial charge in [0.05, 0.1) is 11.0 Å². The molecule has 1 aromatic heterocycles. The lowest BCUT2D eigenvalue weighted by Crippen LogP contribution is -1.94. The lowest BCUT2D eigenvalue weighted by molar-refractivity contribution is 1.18. The van der Waals surface area contributed by atoms with Crippen molar-refractivity contribution < 1.29 is 0 Å². The Morgan fingerprint density at radius 1 is 0.395 bits per heavy atom. The molecule has 0 unspecified atom stereocenters. The first-order valence-electron chi connectivity index (χ1n) is 13.2. The highest BCUT2D eigenvalue weighted by Crippen LogP contribution is 2.33. The van der Waals surface area contributed by atoms with E-state index >= 15 is 0 Å². The van der Waals surface area contributed by atoms with E-state index in [4.69, 9.17) is 0 Å². The topological polar surface area (TPSA) is 4.93 Å². The molecule has 7 aromatic rings. The van der Waals surface area contributed by atoms with Gasteiger partial charge >= 0.3 is 0 Å². The molecule has 0 N–H and O–H groups in total. The lowest BCUT2D eigenvalue weighted by Gasteiger charge is -2.11. The third-order valence-electron chi connectivity index (χ3n) is 7.49. The fourth-order valence-corrected chi connectivity index (χ4v) is 5.61. The van der Waals surface area contributed by atoms with Crippen LogP contribution in [0.4, 0.5) is 0 Å². The number of aromatic nitrogens is 1. The Bertz CT molecular complexity index is 1800. The summed E-state index contributed by atoms with van der Waals surface area (Å²) in [7, 11) is 0. The molecule has 1 heterocycles. The van der Waals surface area contributed by atoms with Gasteiger partial charge < -0.3 is 4.57 Å². The maximum atomic E-state index is 2.36. The number of benzene rings is 6. The van der Waals surface area contributed by atoms with Crippen molar-refractivity contribution in [2.24, 2.45) is 0 Å². The Kier molecular flexibility index (Phi) is 5.60. The Hall–Kier alpha value is -4.88. The third kappa shape index (κ3) is 3.99. The normalized spacial score (nSPS) is 11.3. The fourth-order valence-electron chi connectivity index (χ4n) is 5.61. The summed E-state index contributed by atoms with van der Waals surface area (Å²) in [6.07, 6.45) is 0.915. The second-order valence-corrected chi connectivity index (χ2v) is 9.81. The number of nitrogens with zero attached hydrogens (tertiary/aromatic N) is 1. The first-order chi connectivity index (χ1) is 18.8. The zero-order valence-corrected chi connectivity index (χ0v) is 21.1. The molecule has 0 fully saturated rings. The molecule has 0 bridgehead atoms. The van der Waals surface area contributed by atoms with Crippen LogP contribution in [-0.4, -0.2) is 4.57 Å². The molecule has 1 heteroatoms. The van der Waals surface area contributed by atoms with Crippen molar-refractivity contribution in [3.63, 3.8) is 0 Å². The zero-order chi connectivity index (χ0) is 25.3. The van der Waals surface area contributed by atoms with Gasteiger partial charge in [0.2, 0.25) is 0 Å². The molecule has 0 spiro atoms. The highest BCUT2D eigenvalue weighted by molar-refractivity contribution is 6.09. The predicted molar refractivity (Wildman–Crippen MR) is 161 cm³/mol. The number of hydrogen-bond acceptors (Lipinski definition) is 0. The van der Waals surface area contributed by atoms with Crippen LogP contribution >= 0.6 is 0 Å². The highest BCUT2D eigenvalue weighted by atomic mass is 15.0. The second kappa shape index (κ2) is 9.53. The maximum absolute atomic E-state index is 2.36. The second-order valence-electron chi connectivity index (χ2n) is 9.81. The molecule has 0 atom stereocenters. The zero-order valence-electron chi connectivity index (χ0n) is 21.1. The Morgan fingerprint density at radius 3 is 1.58 bits per heavy atom. The summed E-state index contributed by atoms with van der Waals surface area (Å²) >= 11 is 0. The van der Waals surface area contributed by atoms with Crippen LogP contribution in [0.2, 0.25) is 0 Å². The molecule has 0 aliphatic rings. The van der Waals surface area contributed by atoms with Crippen LogP contribution in [0.1, 0.15) is 11.1 Å². The molecular weight excluding hydrogens is 458 g/mol. The SMILES string of the molecule is c1ccc(-c2ccccc2Cc2ccc(-c3ccc(-n4c5ccccc5c5ccccc54)cc3)cc2)cc1.